The molecule has 0 spiro atoms. The Hall–Kier alpha value is -3.44. The van der Waals surface area contributed by atoms with E-state index in [0.717, 1.165) is 56.2 Å². The molecule has 1 saturated heterocycles. The zero-order valence-electron chi connectivity index (χ0n) is 27.6. The molecule has 1 atom stereocenters. The van der Waals surface area contributed by atoms with Crippen LogP contribution in [0.5, 0.6) is 5.75 Å². The molecule has 0 bridgehead atoms. The number of fused-ring (bicyclic) bond motifs is 1. The van der Waals surface area contributed by atoms with Crippen LogP contribution in [0, 0.1) is 5.92 Å². The zero-order chi connectivity index (χ0) is 31.8. The Bertz CT molecular complexity index is 1380. The fraction of sp³-hybridized carbons (Fsp3) is 0.647. The van der Waals surface area contributed by atoms with Gasteiger partial charge in [0.25, 0.3) is 0 Å². The maximum absolute atomic E-state index is 13.3. The van der Waals surface area contributed by atoms with Crippen molar-refractivity contribution in [2.24, 2.45) is 11.7 Å². The van der Waals surface area contributed by atoms with Gasteiger partial charge in [-0.1, -0.05) is 6.92 Å². The third kappa shape index (κ3) is 6.34. The second kappa shape index (κ2) is 13.1. The number of anilines is 4. The van der Waals surface area contributed by atoms with Gasteiger partial charge in [0.05, 0.1) is 19.0 Å². The van der Waals surface area contributed by atoms with Gasteiger partial charge in [-0.05, 0) is 82.9 Å². The van der Waals surface area contributed by atoms with Crippen LogP contribution in [0.15, 0.2) is 24.4 Å². The standard InChI is InChI=1S/C34H50N8O3/c1-6-27-33(44)38(4)29-20-36-34(37-32(29)41(27)22(2)3)42(28-14-9-24(31(35)43)19-30(28)45-5)26-12-10-25(11-13-26)40-17-15-39(16-18-40)21-23-7-8-23/h9,14,19-20,22-23,25-27H,6-8,10-13,15-18,21H2,1-5H3,(H2,35,43)/t25-,26-,27-/m1/s1. The molecule has 3 fully saturated rings. The highest BCUT2D eigenvalue weighted by atomic mass is 16.5. The second-order valence-corrected chi connectivity index (χ2v) is 13.6. The minimum Gasteiger partial charge on any atom is -0.495 e. The number of aromatic nitrogens is 2. The molecule has 6 rings (SSSR count). The SMILES string of the molecule is CC[C@@H]1C(=O)N(C)c2cnc(N(c3ccc(C(N)=O)cc3OC)[C@H]3CC[C@H](N4CCN(CC5CC5)CC4)CC3)nc2N1C(C)C. The Morgan fingerprint density at radius 1 is 1.09 bits per heavy atom. The van der Waals surface area contributed by atoms with Gasteiger partial charge in [-0.25, -0.2) is 4.98 Å². The maximum atomic E-state index is 13.3. The molecule has 3 heterocycles. The van der Waals surface area contributed by atoms with E-state index in [1.165, 1.54) is 32.5 Å². The van der Waals surface area contributed by atoms with Crippen LogP contribution < -0.4 is 25.2 Å². The molecule has 11 heteroatoms. The molecule has 1 aromatic carbocycles. The normalized spacial score (nSPS) is 24.6. The number of piperazine rings is 1. The summed E-state index contributed by atoms with van der Waals surface area (Å²) >= 11 is 0. The maximum Gasteiger partial charge on any atom is 0.249 e. The lowest BCUT2D eigenvalue weighted by molar-refractivity contribution is -0.120. The average molecular weight is 619 g/mol. The van der Waals surface area contributed by atoms with Crippen molar-refractivity contribution in [1.82, 2.24) is 19.8 Å². The Balaban J connectivity index is 1.30. The number of nitrogens with zero attached hydrogens (tertiary/aromatic N) is 7. The number of ether oxygens (including phenoxy) is 1. The molecule has 1 aromatic heterocycles. The smallest absolute Gasteiger partial charge is 0.249 e. The van der Waals surface area contributed by atoms with Gasteiger partial charge in [-0.2, -0.15) is 4.98 Å². The van der Waals surface area contributed by atoms with E-state index in [-0.39, 0.29) is 24.0 Å². The first-order valence-corrected chi connectivity index (χ1v) is 16.9. The Labute approximate surface area is 267 Å². The van der Waals surface area contributed by atoms with Crippen molar-refractivity contribution >= 4 is 35.0 Å². The number of amides is 2. The lowest BCUT2D eigenvalue weighted by atomic mass is 9.88. The van der Waals surface area contributed by atoms with Crippen molar-refractivity contribution in [1.29, 1.82) is 0 Å². The first-order chi connectivity index (χ1) is 21.7. The number of primary amides is 1. The summed E-state index contributed by atoms with van der Waals surface area (Å²) in [5.74, 6) is 2.39. The van der Waals surface area contributed by atoms with Crippen LogP contribution in [-0.2, 0) is 4.79 Å². The molecule has 244 valence electrons. The van der Waals surface area contributed by atoms with Gasteiger partial charge in [-0.15, -0.1) is 0 Å². The minimum atomic E-state index is -0.500. The first kappa shape index (κ1) is 31.5. The molecular weight excluding hydrogens is 568 g/mol. The Morgan fingerprint density at radius 2 is 1.80 bits per heavy atom. The van der Waals surface area contributed by atoms with E-state index in [1.807, 2.05) is 13.0 Å². The number of rotatable bonds is 10. The van der Waals surface area contributed by atoms with Crippen molar-refractivity contribution in [2.75, 3.05) is 61.6 Å². The van der Waals surface area contributed by atoms with Crippen LogP contribution in [0.25, 0.3) is 0 Å². The highest BCUT2D eigenvalue weighted by Gasteiger charge is 2.40. The first-order valence-electron chi connectivity index (χ1n) is 16.9. The molecule has 2 N–H and O–H groups in total. The van der Waals surface area contributed by atoms with Crippen molar-refractivity contribution in [2.45, 2.75) is 89.9 Å². The zero-order valence-corrected chi connectivity index (χ0v) is 27.6. The van der Waals surface area contributed by atoms with Crippen LogP contribution in [0.1, 0.15) is 76.1 Å². The van der Waals surface area contributed by atoms with Crippen molar-refractivity contribution in [3.05, 3.63) is 30.0 Å². The Morgan fingerprint density at radius 3 is 2.40 bits per heavy atom. The summed E-state index contributed by atoms with van der Waals surface area (Å²) in [7, 11) is 3.42. The predicted molar refractivity (Wildman–Crippen MR) is 178 cm³/mol. The molecule has 11 nitrogen and oxygen atoms in total. The van der Waals surface area contributed by atoms with Gasteiger partial charge in [0, 0.05) is 63.5 Å². The van der Waals surface area contributed by atoms with Crippen LogP contribution in [0.2, 0.25) is 0 Å². The monoisotopic (exact) mass is 618 g/mol. The van der Waals surface area contributed by atoms with E-state index in [1.54, 1.807) is 37.4 Å². The second-order valence-electron chi connectivity index (χ2n) is 13.6. The van der Waals surface area contributed by atoms with E-state index in [0.29, 0.717) is 35.4 Å². The summed E-state index contributed by atoms with van der Waals surface area (Å²) in [6, 6.07) is 5.86. The van der Waals surface area contributed by atoms with Crippen molar-refractivity contribution in [3.8, 4) is 5.75 Å². The summed E-state index contributed by atoms with van der Waals surface area (Å²) in [6.07, 6.45) is 9.46. The third-order valence-electron chi connectivity index (χ3n) is 10.3. The Kier molecular flexibility index (Phi) is 9.19. The molecule has 0 radical (unpaired) electrons. The molecule has 2 aliphatic carbocycles. The van der Waals surface area contributed by atoms with E-state index >= 15 is 0 Å². The number of hydrogen-bond acceptors (Lipinski definition) is 9. The molecule has 2 aliphatic heterocycles. The number of benzene rings is 1. The molecule has 2 saturated carbocycles. The average Bonchev–Trinajstić information content (AvgIpc) is 3.87. The lowest BCUT2D eigenvalue weighted by Gasteiger charge is -2.45. The topological polar surface area (TPSA) is 111 Å². The fourth-order valence-corrected chi connectivity index (χ4v) is 7.64. The van der Waals surface area contributed by atoms with Crippen molar-refractivity contribution < 1.29 is 14.3 Å². The molecule has 45 heavy (non-hydrogen) atoms. The highest BCUT2D eigenvalue weighted by molar-refractivity contribution is 6.04. The lowest BCUT2D eigenvalue weighted by Crippen LogP contribution is -2.55. The van der Waals surface area contributed by atoms with Crippen LogP contribution in [-0.4, -0.2) is 103 Å². The van der Waals surface area contributed by atoms with Gasteiger partial charge in [0.2, 0.25) is 17.8 Å². The quantitative estimate of drug-likeness (QED) is 0.422. The summed E-state index contributed by atoms with van der Waals surface area (Å²) in [6.45, 7) is 12.2. The van der Waals surface area contributed by atoms with Gasteiger partial charge in [0.1, 0.15) is 17.5 Å². The van der Waals surface area contributed by atoms with Crippen LogP contribution in [0.4, 0.5) is 23.1 Å². The fourth-order valence-electron chi connectivity index (χ4n) is 7.64. The van der Waals surface area contributed by atoms with E-state index in [9.17, 15) is 9.59 Å². The molecule has 0 unspecified atom stereocenters. The van der Waals surface area contributed by atoms with Gasteiger partial charge in [0.15, 0.2) is 5.82 Å². The summed E-state index contributed by atoms with van der Waals surface area (Å²) in [5.41, 5.74) is 7.54. The predicted octanol–water partition coefficient (Wildman–Crippen LogP) is 4.03. The molecule has 2 aromatic rings. The van der Waals surface area contributed by atoms with Gasteiger partial charge >= 0.3 is 0 Å². The van der Waals surface area contributed by atoms with E-state index in [4.69, 9.17) is 20.4 Å². The van der Waals surface area contributed by atoms with Crippen LogP contribution in [0.3, 0.4) is 0 Å². The van der Waals surface area contributed by atoms with E-state index in [2.05, 4.69) is 33.4 Å². The number of carbonyl (C=O) groups is 2. The molecule has 2 amide bonds. The number of hydrogen-bond donors (Lipinski definition) is 1. The number of nitrogens with two attached hydrogens (primary N) is 1. The summed E-state index contributed by atoms with van der Waals surface area (Å²) in [5, 5.41) is 0. The molecule has 4 aliphatic rings. The highest BCUT2D eigenvalue weighted by Crippen LogP contribution is 2.42. The van der Waals surface area contributed by atoms with Crippen LogP contribution >= 0.6 is 0 Å². The third-order valence-corrected chi connectivity index (χ3v) is 10.3. The van der Waals surface area contributed by atoms with Gasteiger partial charge < -0.3 is 30.1 Å². The van der Waals surface area contributed by atoms with Gasteiger partial charge in [-0.3, -0.25) is 14.5 Å². The number of likely N-dealkylation sites (N-methyl/N-ethyl adjacent to an activating group) is 1. The largest absolute Gasteiger partial charge is 0.495 e. The molecular formula is C34H50N8O3. The summed E-state index contributed by atoms with van der Waals surface area (Å²) < 4.78 is 5.84. The number of methoxy groups -OCH3 is 1. The summed E-state index contributed by atoms with van der Waals surface area (Å²) in [4.78, 5) is 46.8. The van der Waals surface area contributed by atoms with Crippen molar-refractivity contribution in [3.63, 3.8) is 0 Å². The minimum absolute atomic E-state index is 0.0577. The van der Waals surface area contributed by atoms with E-state index < -0.39 is 5.91 Å². The number of carbonyl (C=O) groups excluding carboxylic acids is 2.